The molecule has 0 amide bonds. The lowest BCUT2D eigenvalue weighted by Gasteiger charge is -2.07. The van der Waals surface area contributed by atoms with Gasteiger partial charge in [-0.1, -0.05) is 11.6 Å². The Kier molecular flexibility index (Phi) is 2.08. The lowest BCUT2D eigenvalue weighted by Crippen LogP contribution is -2.20. The SMILES string of the molecule is CC1=Cc2[nH]c(Cl)c(C=O)c2C(=O)C1=O. The summed E-state index contributed by atoms with van der Waals surface area (Å²) in [7, 11) is 0. The van der Waals surface area contributed by atoms with Crippen LogP contribution >= 0.6 is 11.6 Å². The molecule has 0 aromatic carbocycles. The molecule has 5 heteroatoms. The van der Waals surface area contributed by atoms with Crippen LogP contribution in [-0.2, 0) is 4.79 Å². The third-order valence-corrected chi connectivity index (χ3v) is 2.59. The number of aldehydes is 1. The molecule has 1 aliphatic carbocycles. The molecule has 0 aliphatic heterocycles. The van der Waals surface area contributed by atoms with Gasteiger partial charge in [-0.25, -0.2) is 0 Å². The van der Waals surface area contributed by atoms with E-state index in [-0.39, 0.29) is 16.3 Å². The zero-order valence-corrected chi connectivity index (χ0v) is 8.51. The molecule has 0 radical (unpaired) electrons. The second-order valence-electron chi connectivity index (χ2n) is 3.24. The van der Waals surface area contributed by atoms with Crippen molar-refractivity contribution in [3.63, 3.8) is 0 Å². The summed E-state index contributed by atoms with van der Waals surface area (Å²) < 4.78 is 0. The maximum atomic E-state index is 11.6. The molecule has 0 atom stereocenters. The fourth-order valence-electron chi connectivity index (χ4n) is 1.54. The number of aromatic nitrogens is 1. The van der Waals surface area contributed by atoms with Crippen molar-refractivity contribution in [2.75, 3.05) is 0 Å². The van der Waals surface area contributed by atoms with Gasteiger partial charge in [-0.15, -0.1) is 0 Å². The van der Waals surface area contributed by atoms with Crippen LogP contribution in [0.15, 0.2) is 5.57 Å². The monoisotopic (exact) mass is 223 g/mol. The van der Waals surface area contributed by atoms with Gasteiger partial charge in [-0.2, -0.15) is 0 Å². The molecule has 1 aliphatic rings. The molecular weight excluding hydrogens is 218 g/mol. The number of nitrogens with one attached hydrogen (secondary N) is 1. The lowest BCUT2D eigenvalue weighted by atomic mass is 9.93. The molecule has 0 saturated heterocycles. The number of H-pyrrole nitrogens is 1. The van der Waals surface area contributed by atoms with Gasteiger partial charge in [0.05, 0.1) is 16.8 Å². The summed E-state index contributed by atoms with van der Waals surface area (Å²) in [5.41, 5.74) is 0.881. The van der Waals surface area contributed by atoms with Crippen LogP contribution in [0.2, 0.25) is 5.15 Å². The molecule has 0 unspecified atom stereocenters. The van der Waals surface area contributed by atoms with E-state index in [2.05, 4.69) is 4.98 Å². The van der Waals surface area contributed by atoms with Crippen LogP contribution in [-0.4, -0.2) is 22.8 Å². The minimum Gasteiger partial charge on any atom is -0.345 e. The maximum absolute atomic E-state index is 11.6. The van der Waals surface area contributed by atoms with Crippen molar-refractivity contribution in [2.45, 2.75) is 6.92 Å². The van der Waals surface area contributed by atoms with Crippen LogP contribution in [0, 0.1) is 0 Å². The van der Waals surface area contributed by atoms with Gasteiger partial charge in [0.15, 0.2) is 6.29 Å². The van der Waals surface area contributed by atoms with E-state index in [0.717, 1.165) is 0 Å². The Morgan fingerprint density at radius 1 is 1.33 bits per heavy atom. The summed E-state index contributed by atoms with van der Waals surface area (Å²) in [4.78, 5) is 36.4. The summed E-state index contributed by atoms with van der Waals surface area (Å²) in [6.45, 7) is 1.54. The summed E-state index contributed by atoms with van der Waals surface area (Å²) in [6.07, 6.45) is 1.98. The molecule has 0 saturated carbocycles. The molecule has 1 aromatic heterocycles. The standard InChI is InChI=1S/C10H6ClNO3/c1-4-2-6-7(9(15)8(4)14)5(3-13)10(11)12-6/h2-3,12H,1H3. The number of Topliss-reactive ketones (excluding diaryl/α,β-unsaturated/α-hetero) is 2. The first-order valence-electron chi connectivity index (χ1n) is 4.20. The van der Waals surface area contributed by atoms with Crippen LogP contribution in [0.25, 0.3) is 6.08 Å². The van der Waals surface area contributed by atoms with E-state index in [9.17, 15) is 14.4 Å². The molecule has 15 heavy (non-hydrogen) atoms. The first kappa shape index (κ1) is 9.86. The second kappa shape index (κ2) is 3.17. The topological polar surface area (TPSA) is 67.0 Å². The average Bonchev–Trinajstić information content (AvgIpc) is 2.50. The van der Waals surface area contributed by atoms with E-state index in [4.69, 9.17) is 11.6 Å². The Labute approximate surface area is 89.9 Å². The second-order valence-corrected chi connectivity index (χ2v) is 3.62. The zero-order valence-electron chi connectivity index (χ0n) is 7.76. The number of ketones is 2. The van der Waals surface area contributed by atoms with Crippen molar-refractivity contribution in [2.24, 2.45) is 0 Å². The molecule has 1 N–H and O–H groups in total. The minimum absolute atomic E-state index is 0.0498. The van der Waals surface area contributed by atoms with Crippen LogP contribution in [0.1, 0.15) is 33.3 Å². The number of fused-ring (bicyclic) bond motifs is 1. The summed E-state index contributed by atoms with van der Waals surface area (Å²) >= 11 is 5.72. The Morgan fingerprint density at radius 3 is 2.60 bits per heavy atom. The van der Waals surface area contributed by atoms with Gasteiger partial charge in [0.25, 0.3) is 0 Å². The van der Waals surface area contributed by atoms with Crippen molar-refractivity contribution >= 4 is 35.5 Å². The number of halogens is 1. The van der Waals surface area contributed by atoms with Gasteiger partial charge in [0.2, 0.25) is 11.6 Å². The predicted octanol–water partition coefficient (Wildman–Crippen LogP) is 1.65. The first-order valence-corrected chi connectivity index (χ1v) is 4.58. The highest BCUT2D eigenvalue weighted by Crippen LogP contribution is 2.28. The normalized spacial score (nSPS) is 14.9. The predicted molar refractivity (Wildman–Crippen MR) is 54.2 cm³/mol. The van der Waals surface area contributed by atoms with Crippen molar-refractivity contribution < 1.29 is 14.4 Å². The van der Waals surface area contributed by atoms with Gasteiger partial charge < -0.3 is 4.98 Å². The van der Waals surface area contributed by atoms with Gasteiger partial charge in [0, 0.05) is 5.57 Å². The van der Waals surface area contributed by atoms with Gasteiger partial charge >= 0.3 is 0 Å². The number of carbonyl (C=O) groups is 3. The smallest absolute Gasteiger partial charge is 0.236 e. The van der Waals surface area contributed by atoms with Gasteiger partial charge in [-0.3, -0.25) is 14.4 Å². The number of aromatic amines is 1. The minimum atomic E-state index is -0.685. The zero-order chi connectivity index (χ0) is 11.2. The van der Waals surface area contributed by atoms with E-state index in [1.54, 1.807) is 6.92 Å². The van der Waals surface area contributed by atoms with Crippen molar-refractivity contribution in [1.82, 2.24) is 4.98 Å². The highest BCUT2D eigenvalue weighted by molar-refractivity contribution is 6.53. The lowest BCUT2D eigenvalue weighted by molar-refractivity contribution is -0.111. The number of carbonyl (C=O) groups excluding carboxylic acids is 3. The molecule has 4 nitrogen and oxygen atoms in total. The Morgan fingerprint density at radius 2 is 2.00 bits per heavy atom. The summed E-state index contributed by atoms with van der Waals surface area (Å²) in [5.74, 6) is -1.28. The molecule has 0 bridgehead atoms. The maximum Gasteiger partial charge on any atom is 0.236 e. The highest BCUT2D eigenvalue weighted by Gasteiger charge is 2.30. The van der Waals surface area contributed by atoms with E-state index in [1.165, 1.54) is 6.08 Å². The molecule has 0 spiro atoms. The molecule has 1 aromatic rings. The van der Waals surface area contributed by atoms with E-state index >= 15 is 0 Å². The quantitative estimate of drug-likeness (QED) is 0.582. The molecule has 2 rings (SSSR count). The van der Waals surface area contributed by atoms with Crippen molar-refractivity contribution in [3.05, 3.63) is 27.5 Å². The Hall–Kier alpha value is -1.68. The number of hydrogen-bond acceptors (Lipinski definition) is 3. The Balaban J connectivity index is 2.78. The number of allylic oxidation sites excluding steroid dienone is 1. The van der Waals surface area contributed by atoms with Crippen LogP contribution in [0.5, 0.6) is 0 Å². The first-order chi connectivity index (χ1) is 7.06. The summed E-state index contributed by atoms with van der Waals surface area (Å²) in [6, 6.07) is 0. The summed E-state index contributed by atoms with van der Waals surface area (Å²) in [5, 5.41) is 0.0853. The van der Waals surface area contributed by atoms with E-state index in [0.29, 0.717) is 17.6 Å². The van der Waals surface area contributed by atoms with Crippen molar-refractivity contribution in [1.29, 1.82) is 0 Å². The third-order valence-electron chi connectivity index (χ3n) is 2.29. The number of rotatable bonds is 1. The fourth-order valence-corrected chi connectivity index (χ4v) is 1.78. The highest BCUT2D eigenvalue weighted by atomic mass is 35.5. The largest absolute Gasteiger partial charge is 0.345 e. The average molecular weight is 224 g/mol. The van der Waals surface area contributed by atoms with Gasteiger partial charge in [0.1, 0.15) is 5.15 Å². The molecule has 0 fully saturated rings. The van der Waals surface area contributed by atoms with E-state index < -0.39 is 11.6 Å². The molecule has 1 heterocycles. The molecular formula is C10H6ClNO3. The van der Waals surface area contributed by atoms with Crippen LogP contribution < -0.4 is 0 Å². The molecule has 76 valence electrons. The fraction of sp³-hybridized carbons (Fsp3) is 0.100. The van der Waals surface area contributed by atoms with E-state index in [1.807, 2.05) is 0 Å². The van der Waals surface area contributed by atoms with Crippen molar-refractivity contribution in [3.8, 4) is 0 Å². The Bertz CT molecular complexity index is 525. The number of hydrogen-bond donors (Lipinski definition) is 1. The van der Waals surface area contributed by atoms with Gasteiger partial charge in [-0.05, 0) is 13.0 Å². The van der Waals surface area contributed by atoms with Crippen LogP contribution in [0.4, 0.5) is 0 Å². The third kappa shape index (κ3) is 1.26. The van der Waals surface area contributed by atoms with Crippen LogP contribution in [0.3, 0.4) is 0 Å².